The lowest BCUT2D eigenvalue weighted by Crippen LogP contribution is -2.33. The van der Waals surface area contributed by atoms with Gasteiger partial charge in [-0.1, -0.05) is 23.9 Å². The maximum atomic E-state index is 12.9. The fraction of sp³-hybridized carbons (Fsp3) is 0.200. The van der Waals surface area contributed by atoms with E-state index < -0.39 is 6.04 Å². The number of hydrogen-bond donors (Lipinski definition) is 1. The van der Waals surface area contributed by atoms with Crippen LogP contribution in [0, 0.1) is 0 Å². The molecule has 1 amide bonds. The Morgan fingerprint density at radius 3 is 2.44 bits per heavy atom. The third-order valence-electron chi connectivity index (χ3n) is 5.71. The average molecular weight is 474 g/mol. The van der Waals surface area contributed by atoms with Crippen molar-refractivity contribution in [2.75, 3.05) is 18.2 Å². The molecule has 0 saturated carbocycles. The minimum atomic E-state index is -0.793. The molecule has 0 radical (unpaired) electrons. The number of aromatic nitrogens is 4. The van der Waals surface area contributed by atoms with Crippen LogP contribution in [0.2, 0.25) is 0 Å². The van der Waals surface area contributed by atoms with Crippen molar-refractivity contribution in [1.29, 1.82) is 0 Å². The van der Waals surface area contributed by atoms with E-state index in [1.54, 1.807) is 31.9 Å². The Hall–Kier alpha value is -3.85. The zero-order chi connectivity index (χ0) is 23.7. The van der Waals surface area contributed by atoms with E-state index in [-0.39, 0.29) is 11.5 Å². The smallest absolute Gasteiger partial charge is 0.267 e. The van der Waals surface area contributed by atoms with Crippen molar-refractivity contribution in [3.05, 3.63) is 77.2 Å². The van der Waals surface area contributed by atoms with E-state index >= 15 is 0 Å². The van der Waals surface area contributed by atoms with E-state index in [0.717, 1.165) is 40.0 Å². The molecular weight excluding hydrogens is 450 g/mol. The molecule has 1 aliphatic heterocycles. The van der Waals surface area contributed by atoms with E-state index in [2.05, 4.69) is 26.2 Å². The molecule has 172 valence electrons. The third-order valence-corrected chi connectivity index (χ3v) is 6.68. The molecule has 0 saturated heterocycles. The summed E-state index contributed by atoms with van der Waals surface area (Å²) >= 11 is 1.75. The molecule has 0 spiro atoms. The highest BCUT2D eigenvalue weighted by atomic mass is 32.2. The first-order chi connectivity index (χ1) is 16.5. The molecule has 4 aromatic rings. The van der Waals surface area contributed by atoms with Crippen LogP contribution in [0.1, 0.15) is 13.0 Å². The molecule has 3 heterocycles. The molecule has 2 aromatic carbocycles. The Bertz CT molecular complexity index is 1370. The van der Waals surface area contributed by atoms with Gasteiger partial charge in [0.2, 0.25) is 5.91 Å². The number of thioether (sulfide) groups is 1. The zero-order valence-corrected chi connectivity index (χ0v) is 19.6. The normalized spacial score (nSPS) is 13.4. The van der Waals surface area contributed by atoms with Crippen molar-refractivity contribution in [1.82, 2.24) is 19.3 Å². The highest BCUT2D eigenvalue weighted by Crippen LogP contribution is 2.29. The highest BCUT2D eigenvalue weighted by Gasteiger charge is 2.19. The van der Waals surface area contributed by atoms with Gasteiger partial charge in [-0.15, -0.1) is 0 Å². The minimum Gasteiger partial charge on any atom is -0.497 e. The number of anilines is 1. The van der Waals surface area contributed by atoms with Crippen molar-refractivity contribution < 1.29 is 9.53 Å². The lowest BCUT2D eigenvalue weighted by molar-refractivity contribution is -0.119. The van der Waals surface area contributed by atoms with Gasteiger partial charge >= 0.3 is 0 Å². The SMILES string of the molecule is COc1ccc(-c2ccc(=O)n(C(C)C(=O)Nc3ccc(-c4cn5c(n4)SCC5)cc3)n2)cc1. The minimum absolute atomic E-state index is 0.327. The van der Waals surface area contributed by atoms with Gasteiger partial charge in [0.05, 0.1) is 18.5 Å². The van der Waals surface area contributed by atoms with Crippen LogP contribution in [0.5, 0.6) is 5.75 Å². The highest BCUT2D eigenvalue weighted by molar-refractivity contribution is 7.99. The van der Waals surface area contributed by atoms with Crippen molar-refractivity contribution in [3.8, 4) is 28.3 Å². The van der Waals surface area contributed by atoms with Gasteiger partial charge in [0, 0.05) is 41.4 Å². The summed E-state index contributed by atoms with van der Waals surface area (Å²) in [5.74, 6) is 1.46. The van der Waals surface area contributed by atoms with Gasteiger partial charge in [0.1, 0.15) is 11.8 Å². The average Bonchev–Trinajstić information content (AvgIpc) is 3.47. The van der Waals surface area contributed by atoms with Crippen molar-refractivity contribution in [2.45, 2.75) is 24.7 Å². The number of nitrogens with one attached hydrogen (secondary N) is 1. The molecular formula is C25H23N5O3S. The largest absolute Gasteiger partial charge is 0.497 e. The van der Waals surface area contributed by atoms with E-state index in [0.29, 0.717) is 11.4 Å². The van der Waals surface area contributed by atoms with Crippen LogP contribution in [0.4, 0.5) is 5.69 Å². The third kappa shape index (κ3) is 4.34. The van der Waals surface area contributed by atoms with Crippen LogP contribution in [0.25, 0.3) is 22.5 Å². The monoisotopic (exact) mass is 473 g/mol. The number of hydrogen-bond acceptors (Lipinski definition) is 6. The number of aryl methyl sites for hydroxylation is 1. The van der Waals surface area contributed by atoms with Gasteiger partial charge in [0.15, 0.2) is 5.16 Å². The zero-order valence-electron chi connectivity index (χ0n) is 18.8. The Balaban J connectivity index is 1.31. The van der Waals surface area contributed by atoms with Gasteiger partial charge in [-0.3, -0.25) is 9.59 Å². The number of rotatable bonds is 6. The van der Waals surface area contributed by atoms with Crippen LogP contribution >= 0.6 is 11.8 Å². The summed E-state index contributed by atoms with van der Waals surface area (Å²) in [5, 5.41) is 8.34. The number of carbonyl (C=O) groups excluding carboxylic acids is 1. The first kappa shape index (κ1) is 22.0. The topological polar surface area (TPSA) is 91.0 Å². The molecule has 0 bridgehead atoms. The summed E-state index contributed by atoms with van der Waals surface area (Å²) in [6.45, 7) is 2.63. The number of benzene rings is 2. The summed E-state index contributed by atoms with van der Waals surface area (Å²) in [6.07, 6.45) is 2.05. The van der Waals surface area contributed by atoms with Crippen LogP contribution in [0.15, 0.2) is 76.8 Å². The maximum absolute atomic E-state index is 12.9. The number of fused-ring (bicyclic) bond motifs is 1. The molecule has 8 nitrogen and oxygen atoms in total. The molecule has 1 N–H and O–H groups in total. The van der Waals surface area contributed by atoms with Crippen molar-refractivity contribution >= 4 is 23.4 Å². The predicted octanol–water partition coefficient (Wildman–Crippen LogP) is 4.09. The van der Waals surface area contributed by atoms with E-state index in [4.69, 9.17) is 4.74 Å². The fourth-order valence-corrected chi connectivity index (χ4v) is 4.69. The molecule has 1 atom stereocenters. The first-order valence-electron chi connectivity index (χ1n) is 10.9. The van der Waals surface area contributed by atoms with Gasteiger partial charge in [-0.25, -0.2) is 9.67 Å². The predicted molar refractivity (Wildman–Crippen MR) is 132 cm³/mol. The number of amides is 1. The van der Waals surface area contributed by atoms with E-state index in [9.17, 15) is 9.59 Å². The summed E-state index contributed by atoms with van der Waals surface area (Å²) in [7, 11) is 1.60. The van der Waals surface area contributed by atoms with Crippen LogP contribution in [-0.2, 0) is 11.3 Å². The van der Waals surface area contributed by atoms with Crippen molar-refractivity contribution in [3.63, 3.8) is 0 Å². The van der Waals surface area contributed by atoms with Gasteiger partial charge in [-0.05, 0) is 49.4 Å². The van der Waals surface area contributed by atoms with Crippen LogP contribution < -0.4 is 15.6 Å². The molecule has 0 fully saturated rings. The van der Waals surface area contributed by atoms with E-state index in [1.165, 1.54) is 10.7 Å². The van der Waals surface area contributed by atoms with Crippen LogP contribution in [-0.4, -0.2) is 38.1 Å². The van der Waals surface area contributed by atoms with Gasteiger partial charge in [-0.2, -0.15) is 5.10 Å². The van der Waals surface area contributed by atoms with Crippen molar-refractivity contribution in [2.24, 2.45) is 0 Å². The number of imidazole rings is 1. The molecule has 5 rings (SSSR count). The Labute approximate surface area is 200 Å². The Kier molecular flexibility index (Phi) is 5.93. The Morgan fingerprint density at radius 1 is 1.03 bits per heavy atom. The molecule has 0 aliphatic carbocycles. The quantitative estimate of drug-likeness (QED) is 0.454. The number of methoxy groups -OCH3 is 1. The first-order valence-corrected chi connectivity index (χ1v) is 11.9. The number of carbonyl (C=O) groups is 1. The second-order valence-electron chi connectivity index (χ2n) is 7.92. The lowest BCUT2D eigenvalue weighted by atomic mass is 10.1. The van der Waals surface area contributed by atoms with E-state index in [1.807, 2.05) is 48.5 Å². The summed E-state index contributed by atoms with van der Waals surface area (Å²) in [5.41, 5.74) is 3.61. The molecule has 1 aliphatic rings. The van der Waals surface area contributed by atoms with Gasteiger partial charge < -0.3 is 14.6 Å². The Morgan fingerprint density at radius 2 is 1.74 bits per heavy atom. The number of nitrogens with zero attached hydrogens (tertiary/aromatic N) is 4. The second kappa shape index (κ2) is 9.18. The molecule has 1 unspecified atom stereocenters. The van der Waals surface area contributed by atoms with Crippen LogP contribution in [0.3, 0.4) is 0 Å². The summed E-state index contributed by atoms with van der Waals surface area (Å²) in [6, 6.07) is 17.2. The molecule has 34 heavy (non-hydrogen) atoms. The lowest BCUT2D eigenvalue weighted by Gasteiger charge is -2.15. The van der Waals surface area contributed by atoms with Gasteiger partial charge in [0.25, 0.3) is 5.56 Å². The standard InChI is InChI=1S/C25H23N5O3S/c1-16(30-23(31)12-11-21(28-30)17-5-9-20(33-2)10-6-17)24(32)26-19-7-3-18(4-8-19)22-15-29-13-14-34-25(29)27-22/h3-12,15-16H,13-14H2,1-2H3,(H,26,32). The number of ether oxygens (including phenoxy) is 1. The second-order valence-corrected chi connectivity index (χ2v) is 8.99. The summed E-state index contributed by atoms with van der Waals surface area (Å²) in [4.78, 5) is 30.0. The maximum Gasteiger partial charge on any atom is 0.267 e. The fourth-order valence-electron chi connectivity index (χ4n) is 3.75. The molecule has 2 aromatic heterocycles. The molecule has 9 heteroatoms. The summed E-state index contributed by atoms with van der Waals surface area (Å²) < 4.78 is 8.54.